The Hall–Kier alpha value is -1.12. The minimum Gasteiger partial charge on any atom is -0.282 e. The fourth-order valence-electron chi connectivity index (χ4n) is 1.15. The van der Waals surface area contributed by atoms with Gasteiger partial charge in [-0.2, -0.15) is 5.10 Å². The van der Waals surface area contributed by atoms with Crippen LogP contribution in [0.5, 0.6) is 0 Å². The highest BCUT2D eigenvalue weighted by atomic mass is 15.3. The van der Waals surface area contributed by atoms with Crippen LogP contribution in [0.15, 0.2) is 21.4 Å². The molecule has 0 spiro atoms. The van der Waals surface area contributed by atoms with Gasteiger partial charge in [-0.05, 0) is 25.3 Å². The molecule has 0 fully saturated rings. The Kier molecular flexibility index (Phi) is 3.23. The first-order valence-electron chi connectivity index (χ1n) is 4.71. The molecule has 0 aromatic rings. The van der Waals surface area contributed by atoms with Crippen LogP contribution in [0.1, 0.15) is 27.7 Å². The Morgan fingerprint density at radius 3 is 2.85 bits per heavy atom. The average Bonchev–Trinajstić information content (AvgIpc) is 2.52. The molecule has 0 unspecified atom stereocenters. The van der Waals surface area contributed by atoms with E-state index >= 15 is 0 Å². The lowest BCUT2D eigenvalue weighted by molar-refractivity contribution is 0.745. The van der Waals surface area contributed by atoms with Gasteiger partial charge in [-0.25, -0.2) is 0 Å². The molecule has 1 aliphatic heterocycles. The first-order valence-corrected chi connectivity index (χ1v) is 4.71. The predicted octanol–water partition coefficient (Wildman–Crippen LogP) is 1.97. The van der Waals surface area contributed by atoms with E-state index in [-0.39, 0.29) is 0 Å². The van der Waals surface area contributed by atoms with Crippen molar-refractivity contribution in [3.05, 3.63) is 11.3 Å². The van der Waals surface area contributed by atoms with Crippen LogP contribution in [-0.2, 0) is 0 Å². The van der Waals surface area contributed by atoms with E-state index in [1.807, 2.05) is 6.92 Å². The van der Waals surface area contributed by atoms with Crippen molar-refractivity contribution in [1.29, 1.82) is 0 Å². The third-order valence-corrected chi connectivity index (χ3v) is 2.21. The van der Waals surface area contributed by atoms with E-state index in [1.54, 1.807) is 6.21 Å². The summed E-state index contributed by atoms with van der Waals surface area (Å²) in [5.74, 6) is 0.534. The largest absolute Gasteiger partial charge is 0.282 e. The quantitative estimate of drug-likeness (QED) is 0.691. The summed E-state index contributed by atoms with van der Waals surface area (Å²) in [6.07, 6.45) is 1.78. The number of hydrogen-bond donors (Lipinski definition) is 1. The molecule has 0 saturated heterocycles. The van der Waals surface area contributed by atoms with Crippen LogP contribution in [0.4, 0.5) is 0 Å². The van der Waals surface area contributed by atoms with Gasteiger partial charge in [0.05, 0.1) is 11.9 Å². The van der Waals surface area contributed by atoms with Gasteiger partial charge in [0, 0.05) is 6.54 Å². The van der Waals surface area contributed by atoms with E-state index in [2.05, 4.69) is 36.3 Å². The fourth-order valence-corrected chi connectivity index (χ4v) is 1.15. The van der Waals surface area contributed by atoms with Gasteiger partial charge in [-0.15, -0.1) is 0 Å². The van der Waals surface area contributed by atoms with Gasteiger partial charge in [0.1, 0.15) is 5.71 Å². The lowest BCUT2D eigenvalue weighted by Crippen LogP contribution is -2.12. The third-order valence-electron chi connectivity index (χ3n) is 2.21. The number of aliphatic imine (C=N–C) groups is 1. The lowest BCUT2D eigenvalue weighted by Gasteiger charge is -2.09. The van der Waals surface area contributed by atoms with Crippen LogP contribution in [0.25, 0.3) is 0 Å². The number of hydrogen-bond acceptors (Lipinski definition) is 3. The van der Waals surface area contributed by atoms with E-state index in [1.165, 1.54) is 5.57 Å². The number of hydrazone groups is 1. The minimum absolute atomic E-state index is 0.534. The van der Waals surface area contributed by atoms with Gasteiger partial charge >= 0.3 is 0 Å². The second-order valence-electron chi connectivity index (χ2n) is 3.44. The van der Waals surface area contributed by atoms with Gasteiger partial charge in [0.2, 0.25) is 0 Å². The molecule has 1 aliphatic rings. The van der Waals surface area contributed by atoms with E-state index in [0.717, 1.165) is 18.0 Å². The summed E-state index contributed by atoms with van der Waals surface area (Å²) in [5, 5.41) is 4.00. The van der Waals surface area contributed by atoms with Crippen LogP contribution in [0, 0.1) is 5.92 Å². The van der Waals surface area contributed by atoms with Crippen LogP contribution in [0.3, 0.4) is 0 Å². The molecule has 0 amide bonds. The Labute approximate surface area is 79.6 Å². The van der Waals surface area contributed by atoms with Crippen molar-refractivity contribution in [1.82, 2.24) is 5.43 Å². The molecule has 0 radical (unpaired) electrons. The molecule has 72 valence electrons. The third kappa shape index (κ3) is 2.17. The standard InChI is InChI=1S/C10H17N3/c1-5-11-9-6-12-13-10(9)8(4)7(2)3/h6-7,13H,5H2,1-4H3/b10-8-,11-9?. The summed E-state index contributed by atoms with van der Waals surface area (Å²) in [7, 11) is 0. The second kappa shape index (κ2) is 4.21. The topological polar surface area (TPSA) is 36.8 Å². The molecule has 0 aromatic carbocycles. The van der Waals surface area contributed by atoms with E-state index in [0.29, 0.717) is 5.92 Å². The van der Waals surface area contributed by atoms with Crippen molar-refractivity contribution < 1.29 is 0 Å². The summed E-state index contributed by atoms with van der Waals surface area (Å²) in [4.78, 5) is 4.36. The van der Waals surface area contributed by atoms with Crippen LogP contribution in [-0.4, -0.2) is 18.5 Å². The molecule has 1 N–H and O–H groups in total. The summed E-state index contributed by atoms with van der Waals surface area (Å²) in [6.45, 7) is 9.30. The molecule has 1 rings (SSSR count). The molecule has 0 aliphatic carbocycles. The highest BCUT2D eigenvalue weighted by Crippen LogP contribution is 2.15. The maximum absolute atomic E-state index is 4.36. The smallest absolute Gasteiger partial charge is 0.102 e. The Balaban J connectivity index is 2.94. The first-order chi connectivity index (χ1) is 6.16. The zero-order valence-electron chi connectivity index (χ0n) is 8.76. The van der Waals surface area contributed by atoms with Gasteiger partial charge in [-0.1, -0.05) is 13.8 Å². The number of nitrogens with one attached hydrogen (secondary N) is 1. The molecule has 0 saturated carbocycles. The van der Waals surface area contributed by atoms with Crippen molar-refractivity contribution >= 4 is 11.9 Å². The maximum Gasteiger partial charge on any atom is 0.102 e. The summed E-state index contributed by atoms with van der Waals surface area (Å²) in [5.41, 5.74) is 6.36. The molecule has 3 heteroatoms. The van der Waals surface area contributed by atoms with Crippen LogP contribution < -0.4 is 5.43 Å². The number of nitrogens with zero attached hydrogens (tertiary/aromatic N) is 2. The molecule has 1 heterocycles. The second-order valence-corrected chi connectivity index (χ2v) is 3.44. The number of rotatable bonds is 2. The van der Waals surface area contributed by atoms with Crippen molar-refractivity contribution in [2.24, 2.45) is 16.0 Å². The first kappa shape index (κ1) is 9.96. The van der Waals surface area contributed by atoms with E-state index in [9.17, 15) is 0 Å². The zero-order chi connectivity index (χ0) is 9.84. The predicted molar refractivity (Wildman–Crippen MR) is 57.1 cm³/mol. The lowest BCUT2D eigenvalue weighted by atomic mass is 10.0. The fraction of sp³-hybridized carbons (Fsp3) is 0.600. The summed E-state index contributed by atoms with van der Waals surface area (Å²) in [6, 6.07) is 0. The molecule has 0 bridgehead atoms. The highest BCUT2D eigenvalue weighted by Gasteiger charge is 2.14. The highest BCUT2D eigenvalue weighted by molar-refractivity contribution is 6.39. The molecule has 3 nitrogen and oxygen atoms in total. The van der Waals surface area contributed by atoms with Gasteiger partial charge in [0.25, 0.3) is 0 Å². The number of allylic oxidation sites excluding steroid dienone is 2. The molecule has 0 atom stereocenters. The van der Waals surface area contributed by atoms with Crippen LogP contribution >= 0.6 is 0 Å². The minimum atomic E-state index is 0.534. The van der Waals surface area contributed by atoms with Gasteiger partial charge in [-0.3, -0.25) is 10.4 Å². The van der Waals surface area contributed by atoms with Crippen molar-refractivity contribution in [2.75, 3.05) is 6.54 Å². The Morgan fingerprint density at radius 2 is 2.31 bits per heavy atom. The average molecular weight is 179 g/mol. The monoisotopic (exact) mass is 179 g/mol. The molecule has 13 heavy (non-hydrogen) atoms. The molecular formula is C10H17N3. The Bertz CT molecular complexity index is 272. The molecule has 0 aromatic heterocycles. The molecular weight excluding hydrogens is 162 g/mol. The summed E-state index contributed by atoms with van der Waals surface area (Å²) >= 11 is 0. The van der Waals surface area contributed by atoms with E-state index < -0.39 is 0 Å². The summed E-state index contributed by atoms with van der Waals surface area (Å²) < 4.78 is 0. The van der Waals surface area contributed by atoms with Gasteiger partial charge < -0.3 is 0 Å². The normalized spacial score (nSPS) is 22.7. The van der Waals surface area contributed by atoms with Crippen molar-refractivity contribution in [3.8, 4) is 0 Å². The van der Waals surface area contributed by atoms with Gasteiger partial charge in [0.15, 0.2) is 0 Å². The zero-order valence-corrected chi connectivity index (χ0v) is 8.76. The van der Waals surface area contributed by atoms with Crippen LogP contribution in [0.2, 0.25) is 0 Å². The SMILES string of the molecule is CCN=C1C=NN/C1=C(/C)C(C)C. The van der Waals surface area contributed by atoms with Crippen molar-refractivity contribution in [3.63, 3.8) is 0 Å². The van der Waals surface area contributed by atoms with E-state index in [4.69, 9.17) is 0 Å². The van der Waals surface area contributed by atoms with Crippen molar-refractivity contribution in [2.45, 2.75) is 27.7 Å². The maximum atomic E-state index is 4.36. The Morgan fingerprint density at radius 1 is 1.62 bits per heavy atom.